The second-order valence-corrected chi connectivity index (χ2v) is 5.96. The third-order valence-electron chi connectivity index (χ3n) is 3.71. The van der Waals surface area contributed by atoms with Gasteiger partial charge in [0.1, 0.15) is 5.82 Å². The molecule has 0 bridgehead atoms. The highest BCUT2D eigenvalue weighted by Gasteiger charge is 2.30. The summed E-state index contributed by atoms with van der Waals surface area (Å²) in [5, 5.41) is 2.68. The molecule has 1 heterocycles. The van der Waals surface area contributed by atoms with E-state index >= 15 is 0 Å². The second kappa shape index (κ2) is 7.36. The van der Waals surface area contributed by atoms with Crippen LogP contribution in [0.3, 0.4) is 0 Å². The van der Waals surface area contributed by atoms with Crippen LogP contribution >= 0.6 is 11.6 Å². The summed E-state index contributed by atoms with van der Waals surface area (Å²) < 4.78 is 52.1. The number of nitrogens with one attached hydrogen (secondary N) is 1. The largest absolute Gasteiger partial charge is 0.416 e. The van der Waals surface area contributed by atoms with Gasteiger partial charge in [0.15, 0.2) is 0 Å². The third kappa shape index (κ3) is 4.25. The molecule has 3 aromatic rings. The van der Waals surface area contributed by atoms with Crippen molar-refractivity contribution in [2.45, 2.75) is 6.18 Å². The SMILES string of the molecule is O=C(Nc1ccc(C(F)(F)F)cc1)c1ccc(-c2ncccc2Cl)c(F)c1. The van der Waals surface area contributed by atoms with E-state index < -0.39 is 23.5 Å². The van der Waals surface area contributed by atoms with E-state index in [1.165, 1.54) is 18.3 Å². The van der Waals surface area contributed by atoms with E-state index in [1.807, 2.05) is 0 Å². The number of pyridine rings is 1. The van der Waals surface area contributed by atoms with Gasteiger partial charge in [-0.2, -0.15) is 13.2 Å². The van der Waals surface area contributed by atoms with E-state index in [1.54, 1.807) is 12.1 Å². The highest BCUT2D eigenvalue weighted by atomic mass is 35.5. The molecule has 1 N–H and O–H groups in total. The molecule has 0 aliphatic heterocycles. The van der Waals surface area contributed by atoms with E-state index in [4.69, 9.17) is 11.6 Å². The van der Waals surface area contributed by atoms with E-state index in [-0.39, 0.29) is 27.5 Å². The minimum Gasteiger partial charge on any atom is -0.322 e. The van der Waals surface area contributed by atoms with E-state index in [9.17, 15) is 22.4 Å². The standard InChI is InChI=1S/C19H11ClF4N2O/c20-15-2-1-9-25-17(15)14-8-3-11(10-16(14)21)18(27)26-13-6-4-12(5-7-13)19(22,23)24/h1-10H,(H,26,27). The quantitative estimate of drug-likeness (QED) is 0.569. The van der Waals surface area contributed by atoms with Gasteiger partial charge in [-0.3, -0.25) is 9.78 Å². The van der Waals surface area contributed by atoms with Gasteiger partial charge < -0.3 is 5.32 Å². The third-order valence-corrected chi connectivity index (χ3v) is 4.02. The Balaban J connectivity index is 1.80. The molecular weight excluding hydrogens is 384 g/mol. The number of halogens is 5. The lowest BCUT2D eigenvalue weighted by molar-refractivity contribution is -0.137. The molecule has 2 aromatic carbocycles. The van der Waals surface area contributed by atoms with Crippen molar-refractivity contribution in [1.29, 1.82) is 0 Å². The van der Waals surface area contributed by atoms with Gasteiger partial charge in [0, 0.05) is 23.0 Å². The lowest BCUT2D eigenvalue weighted by Crippen LogP contribution is -2.13. The molecular formula is C19H11ClF4N2O. The van der Waals surface area contributed by atoms with Gasteiger partial charge in [-0.15, -0.1) is 0 Å². The predicted octanol–water partition coefficient (Wildman–Crippen LogP) is 5.81. The molecule has 1 aromatic heterocycles. The monoisotopic (exact) mass is 394 g/mol. The summed E-state index contributed by atoms with van der Waals surface area (Å²) in [7, 11) is 0. The average molecular weight is 395 g/mol. The molecule has 0 saturated heterocycles. The molecule has 3 rings (SSSR count). The van der Waals surface area contributed by atoms with Crippen molar-refractivity contribution in [3.8, 4) is 11.3 Å². The molecule has 3 nitrogen and oxygen atoms in total. The highest BCUT2D eigenvalue weighted by Crippen LogP contribution is 2.30. The number of carbonyl (C=O) groups is 1. The van der Waals surface area contributed by atoms with Crippen molar-refractivity contribution in [2.24, 2.45) is 0 Å². The first-order valence-electron chi connectivity index (χ1n) is 7.65. The van der Waals surface area contributed by atoms with Gasteiger partial charge in [-0.05, 0) is 54.6 Å². The van der Waals surface area contributed by atoms with Crippen LogP contribution in [0.1, 0.15) is 15.9 Å². The van der Waals surface area contributed by atoms with Crippen LogP contribution in [0, 0.1) is 5.82 Å². The van der Waals surface area contributed by atoms with Gasteiger partial charge in [0.2, 0.25) is 0 Å². The van der Waals surface area contributed by atoms with Gasteiger partial charge >= 0.3 is 6.18 Å². The number of hydrogen-bond acceptors (Lipinski definition) is 2. The molecule has 0 radical (unpaired) electrons. The number of hydrogen-bond donors (Lipinski definition) is 1. The number of amides is 1. The van der Waals surface area contributed by atoms with Crippen molar-refractivity contribution in [3.63, 3.8) is 0 Å². The maximum absolute atomic E-state index is 14.4. The van der Waals surface area contributed by atoms with E-state index in [2.05, 4.69) is 10.3 Å². The Bertz CT molecular complexity index is 988. The number of carbonyl (C=O) groups excluding carboxylic acids is 1. The molecule has 0 fully saturated rings. The van der Waals surface area contributed by atoms with Crippen LogP contribution < -0.4 is 5.32 Å². The molecule has 0 aliphatic carbocycles. The molecule has 27 heavy (non-hydrogen) atoms. The number of aromatic nitrogens is 1. The summed E-state index contributed by atoms with van der Waals surface area (Å²) in [6.07, 6.45) is -3.00. The molecule has 1 amide bonds. The van der Waals surface area contributed by atoms with Gasteiger partial charge in [0.25, 0.3) is 5.91 Å². The Hall–Kier alpha value is -2.93. The van der Waals surface area contributed by atoms with Crippen LogP contribution in [0.5, 0.6) is 0 Å². The molecule has 0 atom stereocenters. The first-order valence-corrected chi connectivity index (χ1v) is 8.02. The molecule has 0 unspecified atom stereocenters. The predicted molar refractivity (Wildman–Crippen MR) is 94.0 cm³/mol. The Morgan fingerprint density at radius 3 is 2.33 bits per heavy atom. The average Bonchev–Trinajstić information content (AvgIpc) is 2.62. The smallest absolute Gasteiger partial charge is 0.322 e. The van der Waals surface area contributed by atoms with Crippen molar-refractivity contribution in [3.05, 3.63) is 82.8 Å². The number of anilines is 1. The summed E-state index contributed by atoms with van der Waals surface area (Å²) in [5.74, 6) is -1.36. The zero-order chi connectivity index (χ0) is 19.6. The lowest BCUT2D eigenvalue weighted by atomic mass is 10.1. The van der Waals surface area contributed by atoms with Crippen LogP contribution in [0.2, 0.25) is 5.02 Å². The molecule has 0 saturated carbocycles. The Kier molecular flexibility index (Phi) is 5.14. The Morgan fingerprint density at radius 2 is 1.74 bits per heavy atom. The fourth-order valence-electron chi connectivity index (χ4n) is 2.38. The van der Waals surface area contributed by atoms with E-state index in [0.29, 0.717) is 0 Å². The Labute approximate surface area is 156 Å². The van der Waals surface area contributed by atoms with Crippen LogP contribution in [0.15, 0.2) is 60.8 Å². The second-order valence-electron chi connectivity index (χ2n) is 5.56. The van der Waals surface area contributed by atoms with Gasteiger partial charge in [0.05, 0.1) is 16.3 Å². The minimum absolute atomic E-state index is 0.00296. The van der Waals surface area contributed by atoms with Crippen molar-refractivity contribution in [1.82, 2.24) is 4.98 Å². The fourth-order valence-corrected chi connectivity index (χ4v) is 2.60. The zero-order valence-electron chi connectivity index (χ0n) is 13.5. The van der Waals surface area contributed by atoms with Gasteiger partial charge in [-0.1, -0.05) is 11.6 Å². The molecule has 138 valence electrons. The minimum atomic E-state index is -4.46. The number of rotatable bonds is 3. The van der Waals surface area contributed by atoms with Crippen molar-refractivity contribution in [2.75, 3.05) is 5.32 Å². The molecule has 8 heteroatoms. The summed E-state index contributed by atoms with van der Waals surface area (Å²) in [5.41, 5.74) is -0.297. The zero-order valence-corrected chi connectivity index (χ0v) is 14.3. The first kappa shape index (κ1) is 18.8. The maximum atomic E-state index is 14.4. The van der Waals surface area contributed by atoms with Crippen LogP contribution in [-0.4, -0.2) is 10.9 Å². The van der Waals surface area contributed by atoms with Crippen molar-refractivity contribution < 1.29 is 22.4 Å². The number of benzene rings is 2. The van der Waals surface area contributed by atoms with Crippen molar-refractivity contribution >= 4 is 23.2 Å². The van der Waals surface area contributed by atoms with Crippen LogP contribution in [0.25, 0.3) is 11.3 Å². The van der Waals surface area contributed by atoms with Crippen LogP contribution in [0.4, 0.5) is 23.2 Å². The summed E-state index contributed by atoms with van der Waals surface area (Å²) in [6.45, 7) is 0. The van der Waals surface area contributed by atoms with E-state index in [0.717, 1.165) is 30.3 Å². The van der Waals surface area contributed by atoms with Gasteiger partial charge in [-0.25, -0.2) is 4.39 Å². The maximum Gasteiger partial charge on any atom is 0.416 e. The van der Waals surface area contributed by atoms with Crippen LogP contribution in [-0.2, 0) is 6.18 Å². The molecule has 0 aliphatic rings. The summed E-state index contributed by atoms with van der Waals surface area (Å²) in [4.78, 5) is 16.2. The fraction of sp³-hybridized carbons (Fsp3) is 0.0526. The first-order chi connectivity index (χ1) is 12.8. The normalized spacial score (nSPS) is 11.3. The number of nitrogens with zero attached hydrogens (tertiary/aromatic N) is 1. The topological polar surface area (TPSA) is 42.0 Å². The molecule has 0 spiro atoms. The summed E-state index contributed by atoms with van der Waals surface area (Å²) >= 11 is 6.00. The lowest BCUT2D eigenvalue weighted by Gasteiger charge is -2.10. The number of alkyl halides is 3. The summed E-state index contributed by atoms with van der Waals surface area (Å²) in [6, 6.07) is 10.9. The Morgan fingerprint density at radius 1 is 1.04 bits per heavy atom. The highest BCUT2D eigenvalue weighted by molar-refractivity contribution is 6.33.